The number of terminal acetylenes is 1. The van der Waals surface area contributed by atoms with Crippen LogP contribution >= 0.6 is 0 Å². The zero-order valence-electron chi connectivity index (χ0n) is 18.0. The van der Waals surface area contributed by atoms with Crippen LogP contribution in [0.5, 0.6) is 0 Å². The molecule has 3 aromatic heterocycles. The number of halogens is 2. The lowest BCUT2D eigenvalue weighted by molar-refractivity contribution is 0.0981. The van der Waals surface area contributed by atoms with Crippen LogP contribution in [0.25, 0.3) is 10.9 Å². The number of nitrogens with zero attached hydrogens (tertiary/aromatic N) is 5. The first-order valence-corrected chi connectivity index (χ1v) is 10.3. The van der Waals surface area contributed by atoms with Crippen LogP contribution in [0.1, 0.15) is 32.7 Å². The van der Waals surface area contributed by atoms with Gasteiger partial charge < -0.3 is 10.5 Å². The summed E-state index contributed by atoms with van der Waals surface area (Å²) >= 11 is 0. The van der Waals surface area contributed by atoms with Gasteiger partial charge in [0.05, 0.1) is 48.4 Å². The average Bonchev–Trinajstić information content (AvgIpc) is 3.47. The molecule has 1 aliphatic rings. The molecular weight excluding hydrogens is 442 g/mol. The van der Waals surface area contributed by atoms with Gasteiger partial charge in [-0.1, -0.05) is 5.92 Å². The number of aromatic nitrogens is 4. The van der Waals surface area contributed by atoms with Gasteiger partial charge in [-0.15, -0.1) is 6.42 Å². The molecule has 170 valence electrons. The van der Waals surface area contributed by atoms with Crippen molar-refractivity contribution in [3.8, 4) is 12.3 Å². The summed E-state index contributed by atoms with van der Waals surface area (Å²) in [4.78, 5) is 23.1. The lowest BCUT2D eigenvalue weighted by Crippen LogP contribution is -2.31. The number of nitrogen functional groups attached to an aromatic ring is 1. The van der Waals surface area contributed by atoms with Crippen LogP contribution < -0.4 is 10.6 Å². The van der Waals surface area contributed by atoms with Crippen molar-refractivity contribution in [2.45, 2.75) is 19.8 Å². The Hall–Kier alpha value is -4.36. The van der Waals surface area contributed by atoms with Gasteiger partial charge in [0, 0.05) is 42.0 Å². The van der Waals surface area contributed by atoms with Crippen LogP contribution in [0.3, 0.4) is 0 Å². The number of anilines is 2. The van der Waals surface area contributed by atoms with E-state index in [0.29, 0.717) is 23.2 Å². The Balaban J connectivity index is 1.61. The maximum absolute atomic E-state index is 15.2. The normalized spacial score (nSPS) is 12.5. The average molecular weight is 460 g/mol. The monoisotopic (exact) mass is 460 g/mol. The molecule has 0 saturated heterocycles. The molecule has 4 heterocycles. The van der Waals surface area contributed by atoms with E-state index >= 15 is 4.39 Å². The third-order valence-electron chi connectivity index (χ3n) is 5.69. The highest BCUT2D eigenvalue weighted by molar-refractivity contribution is 6.08. The van der Waals surface area contributed by atoms with Crippen LogP contribution in [0, 0.1) is 24.0 Å². The molecule has 8 nitrogen and oxygen atoms in total. The number of carbonyl (C=O) groups excluding carboxylic acids is 1. The number of aryl methyl sites for hydroxylation is 1. The summed E-state index contributed by atoms with van der Waals surface area (Å²) in [6, 6.07) is 3.76. The number of nitrogens with two attached hydrogens (primary N) is 1. The molecule has 0 fully saturated rings. The van der Waals surface area contributed by atoms with Gasteiger partial charge in [-0.2, -0.15) is 5.10 Å². The minimum absolute atomic E-state index is 0.0267. The molecular formula is C24H18F2N6O2. The molecule has 0 aliphatic carbocycles. The standard InChI is InChI=1S/C24H18F2N6O2/c1-3-13-4-20(26)22(28-7-13)10-32(14-8-29-31(2)9-14)24(33)16-5-15-17-11-34-12-18(17)23(27)30-21(15)6-19(16)25/h1,4-9H,10-12H2,2H3,(H2,27,30). The number of pyridine rings is 2. The second-order valence-corrected chi connectivity index (χ2v) is 7.86. The first kappa shape index (κ1) is 21.5. The smallest absolute Gasteiger partial charge is 0.261 e. The summed E-state index contributed by atoms with van der Waals surface area (Å²) < 4.78 is 36.8. The summed E-state index contributed by atoms with van der Waals surface area (Å²) in [5.41, 5.74) is 8.17. The molecule has 0 radical (unpaired) electrons. The summed E-state index contributed by atoms with van der Waals surface area (Å²) in [6.45, 7) is 0.311. The summed E-state index contributed by atoms with van der Waals surface area (Å²) in [7, 11) is 1.67. The van der Waals surface area contributed by atoms with Crippen LogP contribution in [0.4, 0.5) is 20.3 Å². The molecule has 0 bridgehead atoms. The third kappa shape index (κ3) is 3.62. The molecule has 1 amide bonds. The van der Waals surface area contributed by atoms with Crippen LogP contribution in [-0.4, -0.2) is 25.7 Å². The van der Waals surface area contributed by atoms with Gasteiger partial charge in [-0.25, -0.2) is 13.8 Å². The molecule has 1 aliphatic heterocycles. The predicted octanol–water partition coefficient (Wildman–Crippen LogP) is 3.08. The fourth-order valence-electron chi connectivity index (χ4n) is 3.94. The number of amides is 1. The Morgan fingerprint density at radius 2 is 2.03 bits per heavy atom. The summed E-state index contributed by atoms with van der Waals surface area (Å²) in [5.74, 6) is 0.426. The maximum Gasteiger partial charge on any atom is 0.261 e. The van der Waals surface area contributed by atoms with Gasteiger partial charge in [0.15, 0.2) is 0 Å². The Morgan fingerprint density at radius 3 is 2.74 bits per heavy atom. The van der Waals surface area contributed by atoms with Gasteiger partial charge in [-0.3, -0.25) is 19.4 Å². The van der Waals surface area contributed by atoms with Gasteiger partial charge in [0.1, 0.15) is 17.5 Å². The van der Waals surface area contributed by atoms with E-state index in [9.17, 15) is 9.18 Å². The number of fused-ring (bicyclic) bond motifs is 3. The van der Waals surface area contributed by atoms with Gasteiger partial charge >= 0.3 is 0 Å². The number of hydrogen-bond acceptors (Lipinski definition) is 6. The zero-order chi connectivity index (χ0) is 24.0. The Labute approximate surface area is 193 Å². The van der Waals surface area contributed by atoms with Crippen molar-refractivity contribution >= 4 is 28.3 Å². The van der Waals surface area contributed by atoms with E-state index in [1.807, 2.05) is 0 Å². The lowest BCUT2D eigenvalue weighted by atomic mass is 10.0. The van der Waals surface area contributed by atoms with Crippen molar-refractivity contribution in [2.24, 2.45) is 7.05 Å². The number of carbonyl (C=O) groups is 1. The van der Waals surface area contributed by atoms with E-state index in [2.05, 4.69) is 21.0 Å². The Bertz CT molecular complexity index is 1510. The third-order valence-corrected chi connectivity index (χ3v) is 5.69. The summed E-state index contributed by atoms with van der Waals surface area (Å²) in [5, 5.41) is 4.65. The molecule has 2 N–H and O–H groups in total. The molecule has 0 spiro atoms. The lowest BCUT2D eigenvalue weighted by Gasteiger charge is -2.22. The maximum atomic E-state index is 15.2. The van der Waals surface area contributed by atoms with Crippen LogP contribution in [-0.2, 0) is 31.5 Å². The van der Waals surface area contributed by atoms with Crippen molar-refractivity contribution in [3.63, 3.8) is 0 Å². The second-order valence-electron chi connectivity index (χ2n) is 7.86. The molecule has 0 saturated carbocycles. The highest BCUT2D eigenvalue weighted by atomic mass is 19.1. The minimum atomic E-state index is -0.784. The van der Waals surface area contributed by atoms with Crippen LogP contribution in [0.2, 0.25) is 0 Å². The number of ether oxygens (including phenoxy) is 1. The van der Waals surface area contributed by atoms with E-state index in [1.165, 1.54) is 34.1 Å². The highest BCUT2D eigenvalue weighted by Gasteiger charge is 2.27. The van der Waals surface area contributed by atoms with Crippen molar-refractivity contribution < 1.29 is 18.3 Å². The fraction of sp³-hybridized carbons (Fsp3) is 0.167. The minimum Gasteiger partial charge on any atom is -0.383 e. The van der Waals surface area contributed by atoms with Gasteiger partial charge in [0.2, 0.25) is 0 Å². The number of benzene rings is 1. The largest absolute Gasteiger partial charge is 0.383 e. The Kier molecular flexibility index (Phi) is 5.18. The highest BCUT2D eigenvalue weighted by Crippen LogP contribution is 2.33. The van der Waals surface area contributed by atoms with Gasteiger partial charge in [-0.05, 0) is 17.7 Å². The SMILES string of the molecule is C#Cc1cnc(CN(C(=O)c2cc3c4c(c(N)nc3cc2F)COC4)c2cnn(C)c2)c(F)c1. The molecule has 34 heavy (non-hydrogen) atoms. The van der Waals surface area contributed by atoms with E-state index < -0.39 is 17.5 Å². The first-order chi connectivity index (χ1) is 16.4. The van der Waals surface area contributed by atoms with E-state index in [-0.39, 0.29) is 35.8 Å². The molecule has 0 unspecified atom stereocenters. The Morgan fingerprint density at radius 1 is 1.24 bits per heavy atom. The first-order valence-electron chi connectivity index (χ1n) is 10.3. The number of rotatable bonds is 4. The van der Waals surface area contributed by atoms with E-state index in [1.54, 1.807) is 13.2 Å². The molecule has 10 heteroatoms. The van der Waals surface area contributed by atoms with Gasteiger partial charge in [0.25, 0.3) is 5.91 Å². The second kappa shape index (κ2) is 8.20. The predicted molar refractivity (Wildman–Crippen MR) is 120 cm³/mol. The quantitative estimate of drug-likeness (QED) is 0.470. The van der Waals surface area contributed by atoms with E-state index in [4.69, 9.17) is 16.9 Å². The molecule has 1 aromatic carbocycles. The van der Waals surface area contributed by atoms with E-state index in [0.717, 1.165) is 17.2 Å². The molecule has 5 rings (SSSR count). The van der Waals surface area contributed by atoms with Crippen LogP contribution in [0.15, 0.2) is 36.8 Å². The fourth-order valence-corrected chi connectivity index (χ4v) is 3.94. The van der Waals surface area contributed by atoms with Crippen molar-refractivity contribution in [3.05, 3.63) is 76.4 Å². The van der Waals surface area contributed by atoms with Crippen molar-refractivity contribution in [2.75, 3.05) is 10.6 Å². The number of hydrogen-bond donors (Lipinski definition) is 1. The topological polar surface area (TPSA) is 99.2 Å². The summed E-state index contributed by atoms with van der Waals surface area (Å²) in [6.07, 6.45) is 9.63. The van der Waals surface area contributed by atoms with Crippen molar-refractivity contribution in [1.82, 2.24) is 19.7 Å². The zero-order valence-corrected chi connectivity index (χ0v) is 18.0. The molecule has 0 atom stereocenters. The van der Waals surface area contributed by atoms with Crippen molar-refractivity contribution in [1.29, 1.82) is 0 Å². The molecule has 4 aromatic rings.